The number of amides is 1. The van der Waals surface area contributed by atoms with Crippen molar-refractivity contribution < 1.29 is 18.1 Å². The minimum atomic E-state index is -1.26. The summed E-state index contributed by atoms with van der Waals surface area (Å²) in [6, 6.07) is 10.4. The molecule has 1 unspecified atom stereocenters. The zero-order valence-corrected chi connectivity index (χ0v) is 24.9. The summed E-state index contributed by atoms with van der Waals surface area (Å²) < 4.78 is 25.4. The minimum Gasteiger partial charge on any atom is -0.378 e. The number of fused-ring (bicyclic) bond motifs is 1. The van der Waals surface area contributed by atoms with Crippen molar-refractivity contribution in [3.63, 3.8) is 0 Å². The summed E-state index contributed by atoms with van der Waals surface area (Å²) in [7, 11) is -1.26. The van der Waals surface area contributed by atoms with Gasteiger partial charge in [0.1, 0.15) is 17.2 Å². The van der Waals surface area contributed by atoms with Crippen LogP contribution in [-0.2, 0) is 8.92 Å². The van der Waals surface area contributed by atoms with Gasteiger partial charge in [0.15, 0.2) is 0 Å². The lowest BCUT2D eigenvalue weighted by Crippen LogP contribution is -2.41. The quantitative estimate of drug-likeness (QED) is 0.379. The van der Waals surface area contributed by atoms with Crippen molar-refractivity contribution >= 4 is 38.8 Å². The zero-order valence-electron chi connectivity index (χ0n) is 24.1. The summed E-state index contributed by atoms with van der Waals surface area (Å²) in [5, 5.41) is 3.02. The molecule has 40 heavy (non-hydrogen) atoms. The molecule has 216 valence electrons. The molecular formula is C30H40FN5O3S. The molecule has 5 rings (SSSR count). The molecular weight excluding hydrogens is 529 g/mol. The molecule has 2 aromatic carbocycles. The lowest BCUT2D eigenvalue weighted by Gasteiger charge is -2.43. The summed E-state index contributed by atoms with van der Waals surface area (Å²) in [5.74, 6) is 0.374. The van der Waals surface area contributed by atoms with Gasteiger partial charge in [-0.3, -0.25) is 9.78 Å². The maximum atomic E-state index is 13.6. The molecule has 2 aliphatic heterocycles. The van der Waals surface area contributed by atoms with Gasteiger partial charge < -0.3 is 24.0 Å². The van der Waals surface area contributed by atoms with Crippen molar-refractivity contribution in [2.45, 2.75) is 38.0 Å². The van der Waals surface area contributed by atoms with Gasteiger partial charge in [-0.15, -0.1) is 10.3 Å². The van der Waals surface area contributed by atoms with E-state index in [0.29, 0.717) is 37.4 Å². The Bertz CT molecular complexity index is 1360. The molecule has 0 aliphatic carbocycles. The summed E-state index contributed by atoms with van der Waals surface area (Å²) in [5.41, 5.74) is 3.85. The molecule has 0 spiro atoms. The highest BCUT2D eigenvalue weighted by atomic mass is 32.3. The fraction of sp³-hybridized carbons (Fsp3) is 0.500. The van der Waals surface area contributed by atoms with Crippen LogP contribution in [0, 0.1) is 5.82 Å². The summed E-state index contributed by atoms with van der Waals surface area (Å²) in [4.78, 5) is 27.5. The Morgan fingerprint density at radius 1 is 1.15 bits per heavy atom. The van der Waals surface area contributed by atoms with Gasteiger partial charge in [-0.25, -0.2) is 9.37 Å². The van der Waals surface area contributed by atoms with Crippen LogP contribution in [0.15, 0.2) is 42.6 Å². The van der Waals surface area contributed by atoms with E-state index in [2.05, 4.69) is 48.4 Å². The predicted octanol–water partition coefficient (Wildman–Crippen LogP) is 5.08. The van der Waals surface area contributed by atoms with E-state index in [1.54, 1.807) is 6.20 Å². The first-order valence-electron chi connectivity index (χ1n) is 13.8. The van der Waals surface area contributed by atoms with Crippen molar-refractivity contribution in [2.75, 3.05) is 68.3 Å². The van der Waals surface area contributed by atoms with Gasteiger partial charge in [0.05, 0.1) is 43.3 Å². The molecule has 1 aromatic heterocycles. The number of nitrogens with one attached hydrogen (secondary N) is 1. The van der Waals surface area contributed by atoms with Crippen LogP contribution in [0.5, 0.6) is 0 Å². The number of benzene rings is 2. The molecule has 0 radical (unpaired) electrons. The van der Waals surface area contributed by atoms with Crippen LogP contribution in [0.3, 0.4) is 0 Å². The number of hydrogen-bond acceptors (Lipinski definition) is 7. The molecule has 2 saturated heterocycles. The Balaban J connectivity index is 1.42. The van der Waals surface area contributed by atoms with Gasteiger partial charge in [0.2, 0.25) is 0 Å². The van der Waals surface area contributed by atoms with E-state index in [-0.39, 0.29) is 22.5 Å². The number of carbonyl (C=O) groups is 1. The first-order valence-corrected chi connectivity index (χ1v) is 16.2. The number of aromatic nitrogens is 2. The largest absolute Gasteiger partial charge is 0.378 e. The van der Waals surface area contributed by atoms with Gasteiger partial charge in [-0.2, -0.15) is 0 Å². The maximum Gasteiger partial charge on any atom is 0.251 e. The van der Waals surface area contributed by atoms with Crippen LogP contribution in [0.4, 0.5) is 15.9 Å². The number of carbonyl (C=O) groups excluding carboxylic acids is 1. The monoisotopic (exact) mass is 569 g/mol. The first kappa shape index (κ1) is 28.6. The van der Waals surface area contributed by atoms with Gasteiger partial charge in [0.25, 0.3) is 5.91 Å². The smallest absolute Gasteiger partial charge is 0.251 e. The number of hydrogen-bond donors (Lipinski definition) is 1. The lowest BCUT2D eigenvalue weighted by molar-refractivity contribution is 0.0948. The lowest BCUT2D eigenvalue weighted by atomic mass is 9.93. The second kappa shape index (κ2) is 11.5. The van der Waals surface area contributed by atoms with Crippen molar-refractivity contribution in [3.05, 3.63) is 59.5 Å². The second-order valence-corrected chi connectivity index (χ2v) is 15.6. The molecule has 0 saturated carbocycles. The Kier molecular flexibility index (Phi) is 8.22. The zero-order chi connectivity index (χ0) is 28.5. The van der Waals surface area contributed by atoms with E-state index in [9.17, 15) is 9.18 Å². The van der Waals surface area contributed by atoms with Crippen molar-refractivity contribution in [1.82, 2.24) is 15.3 Å². The third-order valence-electron chi connectivity index (χ3n) is 8.04. The molecule has 1 atom stereocenters. The third-order valence-corrected chi connectivity index (χ3v) is 11.7. The van der Waals surface area contributed by atoms with E-state index in [4.69, 9.17) is 18.9 Å². The van der Waals surface area contributed by atoms with E-state index in [1.165, 1.54) is 12.1 Å². The highest BCUT2D eigenvalue weighted by molar-refractivity contribution is 8.29. The van der Waals surface area contributed by atoms with Crippen molar-refractivity contribution in [3.8, 4) is 0 Å². The SMILES string of the molecule is CC(C)(C)S(C)(C)OCCNC(=O)c1cc(N2CCC2c2ccc(F)cc2)c2nc(N3CCOCC3)cnc2c1. The average Bonchev–Trinajstić information content (AvgIpc) is 2.91. The summed E-state index contributed by atoms with van der Waals surface area (Å²) >= 11 is 0. The Hall–Kier alpha value is -2.95. The fourth-order valence-electron chi connectivity index (χ4n) is 4.78. The van der Waals surface area contributed by atoms with Crippen LogP contribution in [-0.4, -0.2) is 79.1 Å². The highest BCUT2D eigenvalue weighted by Gasteiger charge is 2.32. The third kappa shape index (κ3) is 6.04. The first-order chi connectivity index (χ1) is 19.0. The normalized spacial score (nSPS) is 18.5. The molecule has 10 heteroatoms. The minimum absolute atomic E-state index is 0.0568. The van der Waals surface area contributed by atoms with Gasteiger partial charge >= 0.3 is 0 Å². The maximum absolute atomic E-state index is 13.6. The molecule has 1 N–H and O–H groups in total. The standard InChI is InChI=1S/C30H40FN5O3S/c1-30(2,3)40(4,5)39-15-11-32-29(37)22-18-24-28(34-27(20-33-24)35-13-16-38-17-14-35)26(19-22)36-12-10-25(36)21-6-8-23(31)9-7-21/h6-9,18-20,25H,10-17H2,1-5H3,(H,32,37). The van der Waals surface area contributed by atoms with Crippen LogP contribution < -0.4 is 15.1 Å². The fourth-order valence-corrected chi connectivity index (χ4v) is 5.64. The summed E-state index contributed by atoms with van der Waals surface area (Å²) in [6.07, 6.45) is 7.01. The van der Waals surface area contributed by atoms with E-state index in [0.717, 1.165) is 48.6 Å². The number of anilines is 2. The van der Waals surface area contributed by atoms with E-state index < -0.39 is 10.3 Å². The molecule has 0 bridgehead atoms. The molecule has 2 aliphatic rings. The number of nitrogens with zero attached hydrogens (tertiary/aromatic N) is 4. The predicted molar refractivity (Wildman–Crippen MR) is 161 cm³/mol. The van der Waals surface area contributed by atoms with Gasteiger partial charge in [0, 0.05) is 36.5 Å². The number of halogens is 1. The summed E-state index contributed by atoms with van der Waals surface area (Å²) in [6.45, 7) is 11.0. The number of ether oxygens (including phenoxy) is 1. The average molecular weight is 570 g/mol. The number of rotatable bonds is 8. The topological polar surface area (TPSA) is 79.8 Å². The Morgan fingerprint density at radius 3 is 2.52 bits per heavy atom. The molecule has 3 heterocycles. The van der Waals surface area contributed by atoms with Crippen molar-refractivity contribution in [1.29, 1.82) is 0 Å². The second-order valence-electron chi connectivity index (χ2n) is 11.7. The molecule has 8 nitrogen and oxygen atoms in total. The van der Waals surface area contributed by atoms with Crippen LogP contribution in [0.2, 0.25) is 0 Å². The van der Waals surface area contributed by atoms with Gasteiger partial charge in [-0.05, 0) is 48.8 Å². The van der Waals surface area contributed by atoms with Crippen LogP contribution >= 0.6 is 10.3 Å². The van der Waals surface area contributed by atoms with Crippen molar-refractivity contribution in [2.24, 2.45) is 0 Å². The molecule has 1 amide bonds. The van der Waals surface area contributed by atoms with E-state index in [1.807, 2.05) is 24.3 Å². The highest BCUT2D eigenvalue weighted by Crippen LogP contribution is 2.53. The number of morpholine rings is 1. The molecule has 2 fully saturated rings. The molecule has 3 aromatic rings. The Morgan fingerprint density at radius 2 is 1.88 bits per heavy atom. The Labute approximate surface area is 237 Å². The van der Waals surface area contributed by atoms with Gasteiger partial charge in [-0.1, -0.05) is 32.9 Å². The van der Waals surface area contributed by atoms with Crippen LogP contribution in [0.1, 0.15) is 49.2 Å². The van der Waals surface area contributed by atoms with E-state index >= 15 is 0 Å². The van der Waals surface area contributed by atoms with Crippen LogP contribution in [0.25, 0.3) is 11.0 Å².